The zero-order chi connectivity index (χ0) is 38.7. The van der Waals surface area contributed by atoms with Crippen LogP contribution in [0.2, 0.25) is 0 Å². The number of rotatable bonds is 11. The number of ketones is 1. The van der Waals surface area contributed by atoms with E-state index in [1.807, 2.05) is 49.0 Å². The highest BCUT2D eigenvalue weighted by molar-refractivity contribution is 6.05. The van der Waals surface area contributed by atoms with Crippen molar-refractivity contribution >= 4 is 57.5 Å². The molecule has 17 nitrogen and oxygen atoms in total. The van der Waals surface area contributed by atoms with Crippen molar-refractivity contribution in [1.29, 1.82) is 0 Å². The fourth-order valence-electron chi connectivity index (χ4n) is 7.30. The van der Waals surface area contributed by atoms with Crippen molar-refractivity contribution in [1.82, 2.24) is 38.7 Å². The molecule has 6 aromatic rings. The van der Waals surface area contributed by atoms with E-state index in [-0.39, 0.29) is 48.4 Å². The zero-order valence-electron chi connectivity index (χ0n) is 30.9. The first-order valence-electron chi connectivity index (χ1n) is 18.0. The van der Waals surface area contributed by atoms with E-state index in [1.54, 1.807) is 45.8 Å². The van der Waals surface area contributed by atoms with E-state index in [0.29, 0.717) is 81.7 Å². The fraction of sp³-hybridized carbons (Fsp3) is 0.316. The minimum atomic E-state index is -0.629. The lowest BCUT2D eigenvalue weighted by Gasteiger charge is -2.27. The Morgan fingerprint density at radius 3 is 1.87 bits per heavy atom. The normalized spacial score (nSPS) is 16.0. The van der Waals surface area contributed by atoms with Crippen LogP contribution in [-0.4, -0.2) is 75.4 Å². The second kappa shape index (κ2) is 13.6. The number of ether oxygens (including phenoxy) is 2. The minimum Gasteiger partial charge on any atom is -0.489 e. The lowest BCUT2D eigenvalue weighted by molar-refractivity contribution is 0.0994. The minimum absolute atomic E-state index is 0.133. The van der Waals surface area contributed by atoms with Gasteiger partial charge in [-0.25, -0.2) is 9.97 Å². The van der Waals surface area contributed by atoms with Gasteiger partial charge in [0.1, 0.15) is 47.1 Å². The molecule has 6 heterocycles. The number of carbonyl (C=O) groups is 4. The van der Waals surface area contributed by atoms with Crippen molar-refractivity contribution in [3.8, 4) is 11.5 Å². The van der Waals surface area contributed by atoms with E-state index in [1.165, 1.54) is 6.92 Å². The summed E-state index contributed by atoms with van der Waals surface area (Å²) < 4.78 is 19.4. The van der Waals surface area contributed by atoms with Crippen molar-refractivity contribution in [2.45, 2.75) is 66.2 Å². The van der Waals surface area contributed by atoms with Crippen molar-refractivity contribution < 1.29 is 28.7 Å². The number of anilines is 2. The lowest BCUT2D eigenvalue weighted by atomic mass is 10.1. The van der Waals surface area contributed by atoms with E-state index in [2.05, 4.69) is 20.8 Å². The molecule has 2 unspecified atom stereocenters. The summed E-state index contributed by atoms with van der Waals surface area (Å²) in [7, 11) is 0. The molecule has 2 aromatic carbocycles. The molecular formula is C38H39N11O6. The topological polar surface area (TPSA) is 208 Å². The molecule has 282 valence electrons. The maximum Gasteiger partial charge on any atom is 0.276 e. The van der Waals surface area contributed by atoms with Crippen LogP contribution in [0.4, 0.5) is 11.9 Å². The number of hydrogen-bond donors (Lipinski definition) is 3. The van der Waals surface area contributed by atoms with Gasteiger partial charge in [0.05, 0.1) is 34.5 Å². The third kappa shape index (κ3) is 6.16. The Kier molecular flexibility index (Phi) is 8.70. The number of amides is 3. The first-order valence-corrected chi connectivity index (χ1v) is 18.0. The molecule has 0 saturated heterocycles. The fourth-order valence-corrected chi connectivity index (χ4v) is 7.30. The number of nitrogens with one attached hydrogen (secondary N) is 2. The van der Waals surface area contributed by atoms with Crippen molar-refractivity contribution in [3.05, 3.63) is 82.5 Å². The van der Waals surface area contributed by atoms with Crippen LogP contribution in [0.5, 0.6) is 11.5 Å². The third-order valence-electron chi connectivity index (χ3n) is 9.81. The van der Waals surface area contributed by atoms with Gasteiger partial charge in [0, 0.05) is 24.2 Å². The van der Waals surface area contributed by atoms with Gasteiger partial charge in [-0.2, -0.15) is 10.2 Å². The van der Waals surface area contributed by atoms with E-state index in [0.717, 1.165) is 5.69 Å². The summed E-state index contributed by atoms with van der Waals surface area (Å²) in [6, 6.07) is 9.26. The molecule has 2 aliphatic rings. The molecule has 0 aliphatic carbocycles. The first kappa shape index (κ1) is 35.3. The van der Waals surface area contributed by atoms with Gasteiger partial charge in [-0.1, -0.05) is 12.2 Å². The Morgan fingerprint density at radius 1 is 0.782 bits per heavy atom. The molecule has 0 bridgehead atoms. The van der Waals surface area contributed by atoms with Crippen molar-refractivity contribution in [2.24, 2.45) is 5.73 Å². The molecule has 3 amide bonds. The van der Waals surface area contributed by atoms with Crippen LogP contribution in [0.25, 0.3) is 22.1 Å². The van der Waals surface area contributed by atoms with Crippen LogP contribution in [0.3, 0.4) is 0 Å². The van der Waals surface area contributed by atoms with Gasteiger partial charge in [0.15, 0.2) is 5.78 Å². The number of Topliss-reactive ketones (excluding diaryl/α,β-unsaturated/α-hetero) is 1. The summed E-state index contributed by atoms with van der Waals surface area (Å²) in [6.07, 6.45) is 4.40. The monoisotopic (exact) mass is 745 g/mol. The number of allylic oxidation sites excluding steroid dienone is 1. The maximum atomic E-state index is 13.6. The highest BCUT2D eigenvalue weighted by Gasteiger charge is 2.31. The second-order valence-electron chi connectivity index (χ2n) is 13.6. The SMILES string of the molecule is CCn1nc(C)cc1C(=O)Nc1nc2cc(C(N)=O)cc3c2n1C(C=CCC1COc2cc(C(C)=O)cc4nc(NC(=O)c5cc(C)nn5CC)n1c24)CO3. The van der Waals surface area contributed by atoms with Crippen molar-refractivity contribution in [3.63, 3.8) is 0 Å². The Balaban J connectivity index is 1.14. The Labute approximate surface area is 314 Å². The number of imidazole rings is 2. The molecule has 2 aliphatic heterocycles. The molecule has 55 heavy (non-hydrogen) atoms. The Bertz CT molecular complexity index is 2610. The summed E-state index contributed by atoms with van der Waals surface area (Å²) in [4.78, 5) is 61.2. The second-order valence-corrected chi connectivity index (χ2v) is 13.6. The van der Waals surface area contributed by atoms with Crippen LogP contribution in [0, 0.1) is 13.8 Å². The van der Waals surface area contributed by atoms with E-state index in [9.17, 15) is 19.2 Å². The Morgan fingerprint density at radius 2 is 1.31 bits per heavy atom. The predicted molar refractivity (Wildman–Crippen MR) is 202 cm³/mol. The number of aromatic nitrogens is 8. The average Bonchev–Trinajstić information content (AvgIpc) is 3.93. The van der Waals surface area contributed by atoms with Crippen LogP contribution in [0.15, 0.2) is 48.6 Å². The number of primary amides is 1. The zero-order valence-corrected chi connectivity index (χ0v) is 30.9. The standard InChI is InChI=1S/C38H39N11O6/c1-6-46-28(11-19(3)44-46)35(52)42-37-40-26-13-22(21(5)50)15-30-32(26)48(37)24(17-54-30)9-8-10-25-18-55-31-16-23(34(39)51)14-27-33(31)49(25)38(41-27)43-36(53)29-12-20(4)45-47(29)7-2/h8,10-16,24-25H,6-7,9,17-18H2,1-5H3,(H2,39,51)(H,40,42,52)(H,41,43,53). The summed E-state index contributed by atoms with van der Waals surface area (Å²) in [5, 5.41) is 14.8. The molecule has 0 spiro atoms. The van der Waals surface area contributed by atoms with E-state index in [4.69, 9.17) is 25.2 Å². The van der Waals surface area contributed by atoms with Gasteiger partial charge in [-0.15, -0.1) is 0 Å². The van der Waals surface area contributed by atoms with Crippen LogP contribution in [0.1, 0.15) is 92.4 Å². The first-order chi connectivity index (χ1) is 26.4. The predicted octanol–water partition coefficient (Wildman–Crippen LogP) is 4.76. The van der Waals surface area contributed by atoms with E-state index < -0.39 is 11.9 Å². The molecule has 0 fully saturated rings. The summed E-state index contributed by atoms with van der Waals surface area (Å²) >= 11 is 0. The quantitative estimate of drug-likeness (QED) is 0.122. The summed E-state index contributed by atoms with van der Waals surface area (Å²) in [6.45, 7) is 10.4. The van der Waals surface area contributed by atoms with Gasteiger partial charge in [0.25, 0.3) is 11.8 Å². The number of carbonyl (C=O) groups excluding carboxylic acids is 4. The summed E-state index contributed by atoms with van der Waals surface area (Å²) in [5.41, 5.74) is 10.7. The number of nitrogens with zero attached hydrogens (tertiary/aromatic N) is 8. The average molecular weight is 746 g/mol. The molecule has 0 saturated carbocycles. The summed E-state index contributed by atoms with van der Waals surface area (Å²) in [5.74, 6) is -0.0185. The molecule has 4 N–H and O–H groups in total. The van der Waals surface area contributed by atoms with Gasteiger partial charge in [-0.05, 0) is 77.4 Å². The number of hydrogen-bond acceptors (Lipinski definition) is 10. The van der Waals surface area contributed by atoms with E-state index >= 15 is 0 Å². The molecular weight excluding hydrogens is 706 g/mol. The largest absolute Gasteiger partial charge is 0.489 e. The molecule has 0 radical (unpaired) electrons. The van der Waals surface area contributed by atoms with Crippen LogP contribution in [-0.2, 0) is 13.1 Å². The maximum absolute atomic E-state index is 13.6. The number of benzene rings is 2. The highest BCUT2D eigenvalue weighted by Crippen LogP contribution is 2.40. The third-order valence-corrected chi connectivity index (χ3v) is 9.81. The molecule has 8 rings (SSSR count). The van der Waals surface area contributed by atoms with Gasteiger partial charge in [-0.3, -0.25) is 48.3 Å². The smallest absolute Gasteiger partial charge is 0.276 e. The lowest BCUT2D eigenvalue weighted by Crippen LogP contribution is -2.26. The Hall–Kier alpha value is -6.78. The van der Waals surface area contributed by atoms with Crippen molar-refractivity contribution in [2.75, 3.05) is 23.8 Å². The van der Waals surface area contributed by atoms with Crippen LogP contribution >= 0.6 is 0 Å². The van der Waals surface area contributed by atoms with Crippen LogP contribution < -0.4 is 25.8 Å². The number of nitrogens with two attached hydrogens (primary N) is 1. The highest BCUT2D eigenvalue weighted by atomic mass is 16.5. The molecule has 17 heteroatoms. The van der Waals surface area contributed by atoms with Gasteiger partial charge in [0.2, 0.25) is 17.8 Å². The van der Waals surface area contributed by atoms with Gasteiger partial charge >= 0.3 is 0 Å². The van der Waals surface area contributed by atoms with Gasteiger partial charge < -0.3 is 15.2 Å². The number of aryl methyl sites for hydroxylation is 4. The molecule has 2 atom stereocenters. The molecule has 4 aromatic heterocycles.